The summed E-state index contributed by atoms with van der Waals surface area (Å²) in [5, 5.41) is 5.60. The van der Waals surface area contributed by atoms with Crippen molar-refractivity contribution >= 4 is 24.0 Å². The Bertz CT molecular complexity index is 402. The van der Waals surface area contributed by atoms with Crippen molar-refractivity contribution in [1.29, 1.82) is 0 Å². The molecule has 6 heteroatoms. The van der Waals surface area contributed by atoms with Crippen molar-refractivity contribution in [2.75, 3.05) is 25.5 Å². The molecule has 0 aromatic heterocycles. The third-order valence-electron chi connectivity index (χ3n) is 2.28. The van der Waals surface area contributed by atoms with Gasteiger partial charge in [-0.2, -0.15) is 0 Å². The molecule has 19 heavy (non-hydrogen) atoms. The van der Waals surface area contributed by atoms with Gasteiger partial charge in [0.05, 0.1) is 12.3 Å². The maximum absolute atomic E-state index is 13.1. The molecule has 1 rings (SSSR count). The van der Waals surface area contributed by atoms with Crippen molar-refractivity contribution < 1.29 is 13.9 Å². The van der Waals surface area contributed by atoms with E-state index in [0.29, 0.717) is 31.0 Å². The molecule has 0 fully saturated rings. The zero-order valence-corrected chi connectivity index (χ0v) is 12.0. The van der Waals surface area contributed by atoms with E-state index < -0.39 is 0 Å². The number of anilines is 1. The van der Waals surface area contributed by atoms with Crippen molar-refractivity contribution in [3.05, 3.63) is 24.0 Å². The second-order valence-electron chi connectivity index (χ2n) is 3.89. The van der Waals surface area contributed by atoms with Crippen LogP contribution in [-0.4, -0.2) is 26.1 Å². The molecule has 1 amide bonds. The zero-order valence-electron chi connectivity index (χ0n) is 11.2. The fourth-order valence-corrected chi connectivity index (χ4v) is 1.38. The van der Waals surface area contributed by atoms with Gasteiger partial charge in [-0.25, -0.2) is 4.39 Å². The summed E-state index contributed by atoms with van der Waals surface area (Å²) in [5.41, 5.74) is 0.506. The van der Waals surface area contributed by atoms with Crippen LogP contribution in [0.15, 0.2) is 18.2 Å². The first-order valence-electron chi connectivity index (χ1n) is 6.04. The monoisotopic (exact) mass is 290 g/mol. The Morgan fingerprint density at radius 1 is 1.42 bits per heavy atom. The lowest BCUT2D eigenvalue weighted by Crippen LogP contribution is -2.19. The predicted molar refractivity (Wildman–Crippen MR) is 76.6 cm³/mol. The first-order valence-corrected chi connectivity index (χ1v) is 6.04. The van der Waals surface area contributed by atoms with Crippen LogP contribution in [0.4, 0.5) is 10.1 Å². The molecule has 0 heterocycles. The minimum absolute atomic E-state index is 0. The quantitative estimate of drug-likeness (QED) is 0.811. The van der Waals surface area contributed by atoms with Gasteiger partial charge < -0.3 is 15.4 Å². The number of halogens is 2. The van der Waals surface area contributed by atoms with Gasteiger partial charge in [0.2, 0.25) is 5.91 Å². The van der Waals surface area contributed by atoms with Crippen molar-refractivity contribution in [1.82, 2.24) is 5.32 Å². The van der Waals surface area contributed by atoms with Gasteiger partial charge in [-0.15, -0.1) is 12.4 Å². The maximum Gasteiger partial charge on any atom is 0.225 e. The predicted octanol–water partition coefficient (Wildman–Crippen LogP) is 2.58. The second kappa shape index (κ2) is 9.58. The van der Waals surface area contributed by atoms with E-state index in [2.05, 4.69) is 10.6 Å². The van der Waals surface area contributed by atoms with Crippen molar-refractivity contribution in [3.8, 4) is 5.75 Å². The van der Waals surface area contributed by atoms with Gasteiger partial charge in [0.15, 0.2) is 0 Å². The Kier molecular flexibility index (Phi) is 8.91. The van der Waals surface area contributed by atoms with Crippen molar-refractivity contribution in [2.24, 2.45) is 0 Å². The van der Waals surface area contributed by atoms with E-state index in [1.54, 1.807) is 7.05 Å². The summed E-state index contributed by atoms with van der Waals surface area (Å²) in [6.45, 7) is 3.05. The van der Waals surface area contributed by atoms with Crippen LogP contribution in [0.3, 0.4) is 0 Å². The molecule has 0 saturated carbocycles. The zero-order chi connectivity index (χ0) is 13.4. The van der Waals surface area contributed by atoms with Gasteiger partial charge in [-0.3, -0.25) is 4.79 Å². The molecule has 0 aliphatic heterocycles. The molecule has 0 unspecified atom stereocenters. The number of hydrogen-bond donors (Lipinski definition) is 2. The molecule has 0 atom stereocenters. The highest BCUT2D eigenvalue weighted by molar-refractivity contribution is 5.92. The number of benzene rings is 1. The highest BCUT2D eigenvalue weighted by atomic mass is 35.5. The van der Waals surface area contributed by atoms with Crippen LogP contribution in [0, 0.1) is 5.82 Å². The largest absolute Gasteiger partial charge is 0.491 e. The number of carbonyl (C=O) groups excluding carboxylic acids is 1. The molecular formula is C13H20ClFN2O2. The smallest absolute Gasteiger partial charge is 0.225 e. The van der Waals surface area contributed by atoms with E-state index in [-0.39, 0.29) is 24.1 Å². The van der Waals surface area contributed by atoms with Crippen LogP contribution < -0.4 is 15.4 Å². The average Bonchev–Trinajstić information content (AvgIpc) is 2.36. The molecule has 1 aromatic rings. The Labute approximate surface area is 119 Å². The van der Waals surface area contributed by atoms with Gasteiger partial charge in [0.25, 0.3) is 0 Å². The average molecular weight is 291 g/mol. The maximum atomic E-state index is 13.1. The molecule has 0 bridgehead atoms. The highest BCUT2D eigenvalue weighted by Crippen LogP contribution is 2.25. The van der Waals surface area contributed by atoms with E-state index in [1.165, 1.54) is 18.2 Å². The molecular weight excluding hydrogens is 271 g/mol. The van der Waals surface area contributed by atoms with E-state index in [1.807, 2.05) is 6.92 Å². The topological polar surface area (TPSA) is 50.4 Å². The number of nitrogens with one attached hydrogen (secondary N) is 2. The van der Waals surface area contributed by atoms with Crippen LogP contribution in [0.2, 0.25) is 0 Å². The Morgan fingerprint density at radius 2 is 2.16 bits per heavy atom. The van der Waals surface area contributed by atoms with Crippen LogP contribution in [-0.2, 0) is 4.79 Å². The van der Waals surface area contributed by atoms with Gasteiger partial charge in [-0.1, -0.05) is 6.92 Å². The Hall–Kier alpha value is -1.33. The lowest BCUT2D eigenvalue weighted by Gasteiger charge is -2.12. The normalized spacial score (nSPS) is 9.63. The number of carbonyl (C=O) groups is 1. The summed E-state index contributed by atoms with van der Waals surface area (Å²) in [6.07, 6.45) is 1.19. The summed E-state index contributed by atoms with van der Waals surface area (Å²) in [5.74, 6) is -0.138. The second-order valence-corrected chi connectivity index (χ2v) is 3.89. The highest BCUT2D eigenvalue weighted by Gasteiger charge is 2.08. The number of amides is 1. The van der Waals surface area contributed by atoms with Crippen LogP contribution >= 0.6 is 12.4 Å². The molecule has 0 aliphatic rings. The molecule has 1 aromatic carbocycles. The van der Waals surface area contributed by atoms with E-state index in [4.69, 9.17) is 4.74 Å². The molecule has 4 nitrogen and oxygen atoms in total. The van der Waals surface area contributed by atoms with Gasteiger partial charge in [-0.05, 0) is 25.6 Å². The number of hydrogen-bond acceptors (Lipinski definition) is 3. The summed E-state index contributed by atoms with van der Waals surface area (Å²) < 4.78 is 18.5. The molecule has 0 saturated heterocycles. The third-order valence-corrected chi connectivity index (χ3v) is 2.28. The summed E-state index contributed by atoms with van der Waals surface area (Å²) in [4.78, 5) is 11.6. The summed E-state index contributed by atoms with van der Waals surface area (Å²) in [6, 6.07) is 4.09. The fraction of sp³-hybridized carbons (Fsp3) is 0.462. The lowest BCUT2D eigenvalue weighted by molar-refractivity contribution is -0.116. The standard InChI is InChI=1S/C13H19FN2O2.ClH/c1-3-8-18-12-9-10(14)4-5-11(12)16-13(17)6-7-15-2;/h4-5,9,15H,3,6-8H2,1-2H3,(H,16,17);1H. The van der Waals surface area contributed by atoms with Gasteiger partial charge in [0.1, 0.15) is 11.6 Å². The fourth-order valence-electron chi connectivity index (χ4n) is 1.38. The summed E-state index contributed by atoms with van der Waals surface area (Å²) >= 11 is 0. The molecule has 0 spiro atoms. The Balaban J connectivity index is 0.00000324. The van der Waals surface area contributed by atoms with Crippen LogP contribution in [0.1, 0.15) is 19.8 Å². The number of rotatable bonds is 7. The summed E-state index contributed by atoms with van der Waals surface area (Å²) in [7, 11) is 1.78. The first kappa shape index (κ1) is 17.7. The molecule has 2 N–H and O–H groups in total. The minimum atomic E-state index is -0.380. The lowest BCUT2D eigenvalue weighted by atomic mass is 10.2. The minimum Gasteiger partial charge on any atom is -0.491 e. The van der Waals surface area contributed by atoms with E-state index in [0.717, 1.165) is 6.42 Å². The number of ether oxygens (including phenoxy) is 1. The molecule has 0 aliphatic carbocycles. The Morgan fingerprint density at radius 3 is 2.79 bits per heavy atom. The van der Waals surface area contributed by atoms with Crippen molar-refractivity contribution in [3.63, 3.8) is 0 Å². The molecule has 108 valence electrons. The van der Waals surface area contributed by atoms with Crippen molar-refractivity contribution in [2.45, 2.75) is 19.8 Å². The molecule has 0 radical (unpaired) electrons. The van der Waals surface area contributed by atoms with E-state index in [9.17, 15) is 9.18 Å². The van der Waals surface area contributed by atoms with Crippen LogP contribution in [0.5, 0.6) is 5.75 Å². The van der Waals surface area contributed by atoms with E-state index >= 15 is 0 Å². The SMILES string of the molecule is CCCOc1cc(F)ccc1NC(=O)CCNC.Cl. The van der Waals surface area contributed by atoms with Gasteiger partial charge in [0, 0.05) is 19.0 Å². The first-order chi connectivity index (χ1) is 8.67. The van der Waals surface area contributed by atoms with Gasteiger partial charge >= 0.3 is 0 Å². The third kappa shape index (κ3) is 6.40. The van der Waals surface area contributed by atoms with Crippen LogP contribution in [0.25, 0.3) is 0 Å².